The summed E-state index contributed by atoms with van der Waals surface area (Å²) >= 11 is 0. The van der Waals surface area contributed by atoms with E-state index in [1.807, 2.05) is 6.92 Å². The fraction of sp³-hybridized carbons (Fsp3) is 0.938. The minimum atomic E-state index is -0.880. The molecule has 0 aliphatic rings. The van der Waals surface area contributed by atoms with Crippen molar-refractivity contribution in [3.8, 4) is 0 Å². The molecule has 108 heavy (non-hydrogen) atoms. The van der Waals surface area contributed by atoms with Gasteiger partial charge in [0.25, 0.3) is 0 Å². The second-order valence-electron chi connectivity index (χ2n) is 33.6. The largest absolute Gasteiger partial charge is 0.465 e. The Morgan fingerprint density at radius 1 is 0.185 bits per heavy atom. The standard InChI is InChI=1S/C96H182O12/c1-8-15-21-27-33-36-42-54-69-81-93(100)106-87(72-60-48-39-30-24-18-11-4)75-63-51-45-57-66-78-90(97)103-84-96(14-7,85-104-91(98)79-67-58-46-52-64-76-88(73-61-49-40-31-25-19-12-5)107-94(101)82-70-55-43-37-34-28-22-16-9-2)86-105-92(99)80-68-59-47-53-65-77-89(74-62-50-41-32-26-20-13-6)108-95(102)83-71-56-44-38-35-29-23-17-10-3/h87-89H,8-86H2,1-7H3. The zero-order valence-corrected chi connectivity index (χ0v) is 73.0. The van der Waals surface area contributed by atoms with Crippen LogP contribution in [0.3, 0.4) is 0 Å². The maximum atomic E-state index is 13.5. The number of carbonyl (C=O) groups excluding carboxylic acids is 6. The molecule has 0 aromatic carbocycles. The van der Waals surface area contributed by atoms with Gasteiger partial charge in [-0.25, -0.2) is 0 Å². The minimum Gasteiger partial charge on any atom is -0.465 e. The van der Waals surface area contributed by atoms with Gasteiger partial charge in [-0.05, 0) is 122 Å². The molecular weight excluding hydrogens is 1350 g/mol. The van der Waals surface area contributed by atoms with Gasteiger partial charge < -0.3 is 28.4 Å². The van der Waals surface area contributed by atoms with E-state index >= 15 is 0 Å². The molecule has 0 fully saturated rings. The molecule has 0 radical (unpaired) electrons. The summed E-state index contributed by atoms with van der Waals surface area (Å²) in [4.78, 5) is 79.5. The predicted molar refractivity (Wildman–Crippen MR) is 456 cm³/mol. The maximum Gasteiger partial charge on any atom is 0.306 e. The van der Waals surface area contributed by atoms with Gasteiger partial charge in [0, 0.05) is 38.5 Å². The lowest BCUT2D eigenvalue weighted by Crippen LogP contribution is -2.39. The van der Waals surface area contributed by atoms with Crippen molar-refractivity contribution in [2.45, 2.75) is 555 Å². The minimum absolute atomic E-state index is 0.0100. The number of carbonyl (C=O) groups is 6. The van der Waals surface area contributed by atoms with Crippen LogP contribution in [-0.2, 0) is 57.2 Å². The van der Waals surface area contributed by atoms with Crippen LogP contribution in [0, 0.1) is 5.41 Å². The Morgan fingerprint density at radius 3 is 0.481 bits per heavy atom. The van der Waals surface area contributed by atoms with Crippen molar-refractivity contribution < 1.29 is 57.2 Å². The summed E-state index contributed by atoms with van der Waals surface area (Å²) < 4.78 is 36.4. The lowest BCUT2D eigenvalue weighted by molar-refractivity contribution is -0.163. The number of ether oxygens (including phenoxy) is 6. The summed E-state index contributed by atoms with van der Waals surface area (Å²) in [5.74, 6) is -1.00. The number of hydrogen-bond acceptors (Lipinski definition) is 12. The van der Waals surface area contributed by atoms with Gasteiger partial charge in [0.05, 0.1) is 5.41 Å². The molecule has 12 heteroatoms. The lowest BCUT2D eigenvalue weighted by Gasteiger charge is -2.31. The Morgan fingerprint density at radius 2 is 0.324 bits per heavy atom. The Bertz CT molecular complexity index is 1740. The van der Waals surface area contributed by atoms with Crippen molar-refractivity contribution >= 4 is 35.8 Å². The first-order chi connectivity index (χ1) is 52.9. The predicted octanol–water partition coefficient (Wildman–Crippen LogP) is 30.1. The van der Waals surface area contributed by atoms with E-state index in [0.29, 0.717) is 44.9 Å². The summed E-state index contributed by atoms with van der Waals surface area (Å²) in [6.45, 7) is 15.5. The summed E-state index contributed by atoms with van der Waals surface area (Å²) in [6.07, 6.45) is 81.2. The molecule has 0 aromatic heterocycles. The number of hydrogen-bond donors (Lipinski definition) is 0. The van der Waals surface area contributed by atoms with Crippen LogP contribution in [0.25, 0.3) is 0 Å². The molecule has 0 bridgehead atoms. The molecule has 0 saturated carbocycles. The molecule has 0 aliphatic carbocycles. The van der Waals surface area contributed by atoms with E-state index in [2.05, 4.69) is 41.5 Å². The molecule has 0 heterocycles. The van der Waals surface area contributed by atoms with Gasteiger partial charge in [0.2, 0.25) is 0 Å². The van der Waals surface area contributed by atoms with Gasteiger partial charge in [-0.2, -0.15) is 0 Å². The third kappa shape index (κ3) is 74.2. The molecule has 0 spiro atoms. The zero-order valence-electron chi connectivity index (χ0n) is 73.0. The van der Waals surface area contributed by atoms with Gasteiger partial charge in [0.15, 0.2) is 0 Å². The highest BCUT2D eigenvalue weighted by atomic mass is 16.6. The number of unbranched alkanes of at least 4 members (excludes halogenated alkanes) is 54. The first-order valence-corrected chi connectivity index (χ1v) is 48.0. The van der Waals surface area contributed by atoms with E-state index in [-0.39, 0.29) is 93.2 Å². The molecule has 3 atom stereocenters. The topological polar surface area (TPSA) is 158 Å². The molecule has 0 rings (SSSR count). The Labute approximate surface area is 669 Å². The van der Waals surface area contributed by atoms with E-state index in [0.717, 1.165) is 173 Å². The van der Waals surface area contributed by atoms with Crippen molar-refractivity contribution in [3.63, 3.8) is 0 Å². The van der Waals surface area contributed by atoms with E-state index < -0.39 is 5.41 Å². The van der Waals surface area contributed by atoms with Gasteiger partial charge in [0.1, 0.15) is 38.1 Å². The highest BCUT2D eigenvalue weighted by molar-refractivity contribution is 5.71. The van der Waals surface area contributed by atoms with E-state index in [1.165, 1.54) is 250 Å². The van der Waals surface area contributed by atoms with Crippen LogP contribution in [0.2, 0.25) is 0 Å². The molecule has 0 aliphatic heterocycles. The number of esters is 6. The molecular formula is C96H182O12. The van der Waals surface area contributed by atoms with Crippen LogP contribution in [-0.4, -0.2) is 73.9 Å². The van der Waals surface area contributed by atoms with E-state index in [9.17, 15) is 28.8 Å². The molecule has 12 nitrogen and oxygen atoms in total. The van der Waals surface area contributed by atoms with Crippen LogP contribution in [0.4, 0.5) is 0 Å². The van der Waals surface area contributed by atoms with Crippen molar-refractivity contribution in [2.75, 3.05) is 19.8 Å². The first kappa shape index (κ1) is 105. The average Bonchev–Trinajstić information content (AvgIpc) is 0.864. The van der Waals surface area contributed by atoms with Gasteiger partial charge in [-0.1, -0.05) is 376 Å². The lowest BCUT2D eigenvalue weighted by atomic mass is 9.88. The molecule has 0 aromatic rings. The second kappa shape index (κ2) is 83.3. The van der Waals surface area contributed by atoms with Crippen molar-refractivity contribution in [3.05, 3.63) is 0 Å². The second-order valence-corrected chi connectivity index (χ2v) is 33.6. The van der Waals surface area contributed by atoms with Crippen LogP contribution in [0.1, 0.15) is 536 Å². The van der Waals surface area contributed by atoms with Crippen molar-refractivity contribution in [1.29, 1.82) is 0 Å². The summed E-state index contributed by atoms with van der Waals surface area (Å²) in [7, 11) is 0. The normalized spacial score (nSPS) is 12.9. The average molecular weight is 1530 g/mol. The van der Waals surface area contributed by atoms with Crippen molar-refractivity contribution in [2.24, 2.45) is 5.41 Å². The van der Waals surface area contributed by atoms with Crippen molar-refractivity contribution in [1.82, 2.24) is 0 Å². The molecule has 0 amide bonds. The van der Waals surface area contributed by atoms with E-state index in [1.54, 1.807) is 0 Å². The molecule has 0 N–H and O–H groups in total. The third-order valence-corrected chi connectivity index (χ3v) is 22.8. The van der Waals surface area contributed by atoms with Gasteiger partial charge in [-0.3, -0.25) is 28.8 Å². The summed E-state index contributed by atoms with van der Waals surface area (Å²) in [5.41, 5.74) is -0.880. The van der Waals surface area contributed by atoms with Gasteiger partial charge >= 0.3 is 35.8 Å². The highest BCUT2D eigenvalue weighted by Gasteiger charge is 2.34. The van der Waals surface area contributed by atoms with Crippen LogP contribution < -0.4 is 0 Å². The number of rotatable bonds is 88. The van der Waals surface area contributed by atoms with E-state index in [4.69, 9.17) is 28.4 Å². The molecule has 638 valence electrons. The maximum absolute atomic E-state index is 13.5. The molecule has 0 saturated heterocycles. The van der Waals surface area contributed by atoms with Gasteiger partial charge in [-0.15, -0.1) is 0 Å². The zero-order chi connectivity index (χ0) is 78.8. The quantitative estimate of drug-likeness (QED) is 0.0323. The monoisotopic (exact) mass is 1530 g/mol. The summed E-state index contributed by atoms with van der Waals surface area (Å²) in [5, 5.41) is 0. The summed E-state index contributed by atoms with van der Waals surface area (Å²) in [6, 6.07) is 0. The Hall–Kier alpha value is -3.18. The fourth-order valence-electron chi connectivity index (χ4n) is 15.1. The highest BCUT2D eigenvalue weighted by Crippen LogP contribution is 2.28. The van der Waals surface area contributed by atoms with Crippen LogP contribution >= 0.6 is 0 Å². The smallest absolute Gasteiger partial charge is 0.306 e. The SMILES string of the molecule is CCCCCCCCCCCC(=O)OC(CCCCCCCCC)CCCCCCCC(=O)OCC(CC)(COC(=O)CCCCCCCC(CCCCCCCCC)OC(=O)CCCCCCCCCCC)COC(=O)CCCCCCCC(CCCCCCCCC)OC(=O)CCCCCCCCCCC. The van der Waals surface area contributed by atoms with Crippen LogP contribution in [0.5, 0.6) is 0 Å². The van der Waals surface area contributed by atoms with Crippen LogP contribution in [0.15, 0.2) is 0 Å². The fourth-order valence-corrected chi connectivity index (χ4v) is 15.1. The Kier molecular flexibility index (Phi) is 80.8. The Balaban J connectivity index is 5.62. The molecule has 3 unspecified atom stereocenters. The first-order valence-electron chi connectivity index (χ1n) is 48.0. The third-order valence-electron chi connectivity index (χ3n) is 22.8.